The van der Waals surface area contributed by atoms with E-state index in [1.807, 2.05) is 61.2 Å². The highest BCUT2D eigenvalue weighted by Crippen LogP contribution is 2.15. The maximum atomic E-state index is 12.5. The molecule has 0 saturated carbocycles. The molecular formula is C20H22BrNO2. The molecule has 3 nitrogen and oxygen atoms in total. The van der Waals surface area contributed by atoms with E-state index in [2.05, 4.69) is 15.9 Å². The van der Waals surface area contributed by atoms with Crippen molar-refractivity contribution in [2.45, 2.75) is 39.3 Å². The molecule has 0 N–H and O–H groups in total. The van der Waals surface area contributed by atoms with Gasteiger partial charge in [-0.1, -0.05) is 58.4 Å². The van der Waals surface area contributed by atoms with Gasteiger partial charge in [-0.3, -0.25) is 9.59 Å². The fraction of sp³-hybridized carbons (Fsp3) is 0.300. The third-order valence-corrected chi connectivity index (χ3v) is 4.40. The summed E-state index contributed by atoms with van der Waals surface area (Å²) in [5.74, 6) is 0.0126. The number of halogens is 1. The highest BCUT2D eigenvalue weighted by atomic mass is 79.9. The number of amides is 1. The van der Waals surface area contributed by atoms with Crippen LogP contribution in [-0.4, -0.2) is 22.6 Å². The molecule has 1 amide bonds. The van der Waals surface area contributed by atoms with E-state index in [9.17, 15) is 9.59 Å². The zero-order valence-electron chi connectivity index (χ0n) is 14.0. The summed E-state index contributed by atoms with van der Waals surface area (Å²) >= 11 is 3.35. The van der Waals surface area contributed by atoms with Gasteiger partial charge >= 0.3 is 0 Å². The molecule has 0 saturated heterocycles. The lowest BCUT2D eigenvalue weighted by Gasteiger charge is -2.27. The van der Waals surface area contributed by atoms with E-state index in [1.54, 1.807) is 12.1 Å². The van der Waals surface area contributed by atoms with E-state index in [1.165, 1.54) is 0 Å². The largest absolute Gasteiger partial charge is 0.336 e. The second kappa shape index (κ2) is 8.78. The number of rotatable bonds is 7. The molecule has 126 valence electrons. The lowest BCUT2D eigenvalue weighted by Crippen LogP contribution is -2.36. The topological polar surface area (TPSA) is 37.4 Å². The molecule has 0 aliphatic heterocycles. The SMILES string of the molecule is CC(C)N(Cc1ccccc1)C(=O)CCC(=O)c1ccc(Br)cc1. The van der Waals surface area contributed by atoms with Crippen LogP contribution in [0.25, 0.3) is 0 Å². The van der Waals surface area contributed by atoms with Crippen molar-refractivity contribution in [2.24, 2.45) is 0 Å². The monoisotopic (exact) mass is 387 g/mol. The van der Waals surface area contributed by atoms with Crippen LogP contribution in [0, 0.1) is 0 Å². The van der Waals surface area contributed by atoms with E-state index in [0.29, 0.717) is 12.1 Å². The Hall–Kier alpha value is -1.94. The summed E-state index contributed by atoms with van der Waals surface area (Å²) in [6, 6.07) is 17.2. The van der Waals surface area contributed by atoms with Gasteiger partial charge in [0, 0.05) is 35.5 Å². The molecule has 24 heavy (non-hydrogen) atoms. The minimum Gasteiger partial charge on any atom is -0.336 e. The van der Waals surface area contributed by atoms with Gasteiger partial charge < -0.3 is 4.90 Å². The predicted molar refractivity (Wildman–Crippen MR) is 99.8 cm³/mol. The van der Waals surface area contributed by atoms with E-state index < -0.39 is 0 Å². The second-order valence-electron chi connectivity index (χ2n) is 6.03. The molecule has 4 heteroatoms. The summed E-state index contributed by atoms with van der Waals surface area (Å²) in [7, 11) is 0. The molecule has 2 aromatic rings. The molecule has 0 radical (unpaired) electrons. The molecular weight excluding hydrogens is 366 g/mol. The van der Waals surface area contributed by atoms with E-state index in [0.717, 1.165) is 10.0 Å². The quantitative estimate of drug-likeness (QED) is 0.636. The molecule has 2 aromatic carbocycles. The Morgan fingerprint density at radius 1 is 0.958 bits per heavy atom. The standard InChI is InChI=1S/C20H22BrNO2/c1-15(2)22(14-16-6-4-3-5-7-16)20(24)13-12-19(23)17-8-10-18(21)11-9-17/h3-11,15H,12-14H2,1-2H3. The first-order valence-electron chi connectivity index (χ1n) is 8.09. The maximum Gasteiger partial charge on any atom is 0.223 e. The van der Waals surface area contributed by atoms with Gasteiger partial charge in [-0.15, -0.1) is 0 Å². The Balaban J connectivity index is 1.95. The van der Waals surface area contributed by atoms with Crippen LogP contribution in [0.5, 0.6) is 0 Å². The van der Waals surface area contributed by atoms with Crippen molar-refractivity contribution >= 4 is 27.6 Å². The molecule has 0 aromatic heterocycles. The molecule has 0 aliphatic carbocycles. The Morgan fingerprint density at radius 2 is 1.58 bits per heavy atom. The number of carbonyl (C=O) groups is 2. The van der Waals surface area contributed by atoms with Crippen molar-refractivity contribution in [1.29, 1.82) is 0 Å². The smallest absolute Gasteiger partial charge is 0.223 e. The second-order valence-corrected chi connectivity index (χ2v) is 6.95. The van der Waals surface area contributed by atoms with Crippen LogP contribution < -0.4 is 0 Å². The molecule has 0 atom stereocenters. The summed E-state index contributed by atoms with van der Waals surface area (Å²) < 4.78 is 0.934. The Kier molecular flexibility index (Phi) is 6.73. The lowest BCUT2D eigenvalue weighted by molar-refractivity contribution is -0.133. The Labute approximate surface area is 151 Å². The van der Waals surface area contributed by atoms with E-state index >= 15 is 0 Å². The Morgan fingerprint density at radius 3 is 2.17 bits per heavy atom. The minimum atomic E-state index is -0.000678. The summed E-state index contributed by atoms with van der Waals surface area (Å²) in [4.78, 5) is 26.6. The van der Waals surface area contributed by atoms with Crippen molar-refractivity contribution in [2.75, 3.05) is 0 Å². The highest BCUT2D eigenvalue weighted by molar-refractivity contribution is 9.10. The predicted octanol–water partition coefficient (Wildman–Crippen LogP) is 4.85. The normalized spacial score (nSPS) is 10.7. The van der Waals surface area contributed by atoms with E-state index in [4.69, 9.17) is 0 Å². The van der Waals surface area contributed by atoms with Gasteiger partial charge in [0.15, 0.2) is 5.78 Å². The van der Waals surface area contributed by atoms with Crippen LogP contribution in [-0.2, 0) is 11.3 Å². The first kappa shape index (κ1) is 18.4. The van der Waals surface area contributed by atoms with Crippen LogP contribution in [0.4, 0.5) is 0 Å². The lowest BCUT2D eigenvalue weighted by atomic mass is 10.1. The fourth-order valence-corrected chi connectivity index (χ4v) is 2.75. The van der Waals surface area contributed by atoms with Gasteiger partial charge in [-0.25, -0.2) is 0 Å². The number of benzene rings is 2. The minimum absolute atomic E-state index is 0.000678. The molecule has 0 unspecified atom stereocenters. The number of hydrogen-bond donors (Lipinski definition) is 0. The average molecular weight is 388 g/mol. The van der Waals surface area contributed by atoms with Gasteiger partial charge in [0.1, 0.15) is 0 Å². The summed E-state index contributed by atoms with van der Waals surface area (Å²) in [5, 5.41) is 0. The number of carbonyl (C=O) groups excluding carboxylic acids is 2. The van der Waals surface area contributed by atoms with Crippen molar-refractivity contribution < 1.29 is 9.59 Å². The number of ketones is 1. The van der Waals surface area contributed by atoms with Gasteiger partial charge in [-0.05, 0) is 31.5 Å². The maximum absolute atomic E-state index is 12.5. The zero-order valence-corrected chi connectivity index (χ0v) is 15.6. The van der Waals surface area contributed by atoms with Gasteiger partial charge in [0.2, 0.25) is 5.91 Å². The first-order valence-corrected chi connectivity index (χ1v) is 8.89. The molecule has 0 fully saturated rings. The third kappa shape index (κ3) is 5.31. The van der Waals surface area contributed by atoms with Gasteiger partial charge in [0.05, 0.1) is 0 Å². The summed E-state index contributed by atoms with van der Waals surface area (Å²) in [5.41, 5.74) is 1.74. The van der Waals surface area contributed by atoms with Crippen molar-refractivity contribution in [1.82, 2.24) is 4.90 Å². The average Bonchev–Trinajstić information content (AvgIpc) is 2.58. The van der Waals surface area contributed by atoms with Crippen LogP contribution in [0.3, 0.4) is 0 Å². The van der Waals surface area contributed by atoms with Crippen molar-refractivity contribution in [3.05, 3.63) is 70.2 Å². The van der Waals surface area contributed by atoms with Crippen LogP contribution in [0.15, 0.2) is 59.1 Å². The van der Waals surface area contributed by atoms with Crippen molar-refractivity contribution in [3.63, 3.8) is 0 Å². The molecule has 0 bridgehead atoms. The van der Waals surface area contributed by atoms with Crippen LogP contribution in [0.1, 0.15) is 42.6 Å². The van der Waals surface area contributed by atoms with Gasteiger partial charge in [-0.2, -0.15) is 0 Å². The molecule has 0 heterocycles. The Bertz CT molecular complexity index is 681. The highest BCUT2D eigenvalue weighted by Gasteiger charge is 2.18. The zero-order chi connectivity index (χ0) is 17.5. The number of Topliss-reactive ketones (excluding diaryl/α,β-unsaturated/α-hetero) is 1. The number of hydrogen-bond acceptors (Lipinski definition) is 2. The van der Waals surface area contributed by atoms with Gasteiger partial charge in [0.25, 0.3) is 0 Å². The summed E-state index contributed by atoms with van der Waals surface area (Å²) in [6.07, 6.45) is 0.471. The number of nitrogens with zero attached hydrogens (tertiary/aromatic N) is 1. The fourth-order valence-electron chi connectivity index (χ4n) is 2.48. The third-order valence-electron chi connectivity index (χ3n) is 3.87. The summed E-state index contributed by atoms with van der Waals surface area (Å²) in [6.45, 7) is 4.57. The van der Waals surface area contributed by atoms with Crippen LogP contribution >= 0.6 is 15.9 Å². The van der Waals surface area contributed by atoms with Crippen molar-refractivity contribution in [3.8, 4) is 0 Å². The van der Waals surface area contributed by atoms with Crippen LogP contribution in [0.2, 0.25) is 0 Å². The molecule has 0 aliphatic rings. The molecule has 2 rings (SSSR count). The first-order chi connectivity index (χ1) is 11.5. The molecule has 0 spiro atoms. The van der Waals surface area contributed by atoms with E-state index in [-0.39, 0.29) is 30.6 Å².